The van der Waals surface area contributed by atoms with E-state index in [0.717, 1.165) is 43.4 Å². The number of nitrogens with two attached hydrogens (primary N) is 1. The predicted molar refractivity (Wildman–Crippen MR) is 123 cm³/mol. The zero-order valence-corrected chi connectivity index (χ0v) is 19.9. The van der Waals surface area contributed by atoms with Crippen molar-refractivity contribution in [2.45, 2.75) is 55.5 Å². The first-order chi connectivity index (χ1) is 16.4. The maximum absolute atomic E-state index is 15.9. The monoisotopic (exact) mass is 506 g/mol. The van der Waals surface area contributed by atoms with Gasteiger partial charge in [-0.1, -0.05) is 19.3 Å². The van der Waals surface area contributed by atoms with Gasteiger partial charge in [-0.05, 0) is 30.9 Å². The number of fused-ring (bicyclic) bond motifs is 1. The van der Waals surface area contributed by atoms with Gasteiger partial charge in [0.25, 0.3) is 5.91 Å². The maximum Gasteiger partial charge on any atom is 0.261 e. The molecule has 0 spiro atoms. The Labute approximate surface area is 204 Å². The molecule has 8 nitrogen and oxygen atoms in total. The van der Waals surface area contributed by atoms with Crippen LogP contribution in [0.15, 0.2) is 18.3 Å². The topological polar surface area (TPSA) is 115 Å². The van der Waals surface area contributed by atoms with Crippen LogP contribution in [0.2, 0.25) is 0 Å². The van der Waals surface area contributed by atoms with Crippen molar-refractivity contribution in [3.05, 3.63) is 34.6 Å². The molecule has 2 N–H and O–H groups in total. The summed E-state index contributed by atoms with van der Waals surface area (Å²) in [5.41, 5.74) is 5.95. The molecule has 0 unspecified atom stereocenters. The number of carbonyl (C=O) groups is 3. The maximum atomic E-state index is 15.9. The number of hydrogen-bond acceptors (Lipinski definition) is 7. The highest BCUT2D eigenvalue weighted by Crippen LogP contribution is 2.47. The van der Waals surface area contributed by atoms with E-state index in [4.69, 9.17) is 22.1 Å². The van der Waals surface area contributed by atoms with E-state index < -0.39 is 35.2 Å². The number of alkyl halides is 1. The Kier molecular flexibility index (Phi) is 6.39. The van der Waals surface area contributed by atoms with Crippen molar-refractivity contribution in [3.63, 3.8) is 0 Å². The molecule has 2 aromatic rings. The molecule has 34 heavy (non-hydrogen) atoms. The third-order valence-corrected chi connectivity index (χ3v) is 8.62. The van der Waals surface area contributed by atoms with E-state index in [1.807, 2.05) is 0 Å². The van der Waals surface area contributed by atoms with Gasteiger partial charge in [0.2, 0.25) is 5.91 Å². The molecule has 4 atom stereocenters. The number of halogens is 2. The Morgan fingerprint density at radius 1 is 1.29 bits per heavy atom. The van der Waals surface area contributed by atoms with Crippen LogP contribution >= 0.6 is 22.9 Å². The van der Waals surface area contributed by atoms with Crippen LogP contribution in [-0.4, -0.2) is 63.4 Å². The van der Waals surface area contributed by atoms with E-state index in [2.05, 4.69) is 10.2 Å². The molecular weight excluding hydrogens is 483 g/mol. The number of nitrogens with zero attached hydrogens (tertiary/aromatic N) is 3. The molecule has 3 aliphatic rings. The van der Waals surface area contributed by atoms with E-state index in [9.17, 15) is 14.4 Å². The molecule has 0 aromatic carbocycles. The molecule has 11 heteroatoms. The molecule has 1 aliphatic carbocycles. The Morgan fingerprint density at radius 2 is 2.06 bits per heavy atom. The van der Waals surface area contributed by atoms with Gasteiger partial charge in [-0.3, -0.25) is 14.4 Å². The first kappa shape index (κ1) is 23.3. The van der Waals surface area contributed by atoms with Crippen molar-refractivity contribution in [3.8, 4) is 10.6 Å². The van der Waals surface area contributed by atoms with Gasteiger partial charge in [-0.2, -0.15) is 5.10 Å². The van der Waals surface area contributed by atoms with Crippen molar-refractivity contribution in [1.82, 2.24) is 15.1 Å². The van der Waals surface area contributed by atoms with Crippen LogP contribution < -0.4 is 5.73 Å². The highest BCUT2D eigenvalue weighted by atomic mass is 35.5. The fourth-order valence-corrected chi connectivity index (χ4v) is 6.91. The summed E-state index contributed by atoms with van der Waals surface area (Å²) in [5.74, 6) is -3.35. The number of rotatable bonds is 5. The van der Waals surface area contributed by atoms with E-state index in [1.165, 1.54) is 11.1 Å². The Bertz CT molecular complexity index is 1120. The summed E-state index contributed by atoms with van der Waals surface area (Å²) in [5, 5.41) is 7.47. The third-order valence-electron chi connectivity index (χ3n) is 7.02. The lowest BCUT2D eigenvalue weighted by atomic mass is 9.75. The largest absolute Gasteiger partial charge is 0.366 e. The van der Waals surface area contributed by atoms with Crippen molar-refractivity contribution in [1.29, 1.82) is 0 Å². The molecule has 180 valence electrons. The van der Waals surface area contributed by atoms with E-state index in [1.54, 1.807) is 12.1 Å². The van der Waals surface area contributed by atoms with Crippen LogP contribution in [0.3, 0.4) is 0 Å². The number of Topliss-reactive ketones (excluding diaryl/α,β-unsaturated/α-hetero) is 1. The third kappa shape index (κ3) is 3.91. The van der Waals surface area contributed by atoms with E-state index >= 15 is 4.39 Å². The van der Waals surface area contributed by atoms with Gasteiger partial charge < -0.3 is 15.4 Å². The number of thiophene rings is 1. The summed E-state index contributed by atoms with van der Waals surface area (Å²) in [6, 6.07) is 2.53. The SMILES string of the molecule is NC(=O)c1sc(-c2cccnn2)c([C@@H](C(=O)N2C[C@H](Cl)[C@H]3OCC(=O)[C@H]32)C2CCCCC2)c1F. The second kappa shape index (κ2) is 9.31. The zero-order chi connectivity index (χ0) is 24.0. The first-order valence-electron chi connectivity index (χ1n) is 11.4. The highest BCUT2D eigenvalue weighted by molar-refractivity contribution is 7.17. The standard InChI is InChI=1S/C23H24ClFN4O4S/c24-12-9-29(18-14(30)10-33-19(12)18)23(32)15(11-5-2-1-3-6-11)16-17(25)21(22(26)31)34-20(16)13-7-4-8-27-28-13/h4,7-8,11-12,15,18-19H,1-3,5-6,9-10H2,(H2,26,31)/t12-,15-,18+,19+/m0/s1. The Hall–Kier alpha value is -2.43. The molecular formula is C23H24ClFN4O4S. The smallest absolute Gasteiger partial charge is 0.261 e. The van der Waals surface area contributed by atoms with Crippen molar-refractivity contribution in [2.24, 2.45) is 11.7 Å². The molecule has 2 saturated heterocycles. The minimum Gasteiger partial charge on any atom is -0.366 e. The number of hydrogen-bond donors (Lipinski definition) is 1. The number of ketones is 1. The van der Waals surface area contributed by atoms with Gasteiger partial charge in [0.1, 0.15) is 29.3 Å². The van der Waals surface area contributed by atoms with Crippen LogP contribution in [0, 0.1) is 11.7 Å². The number of aromatic nitrogens is 2. The summed E-state index contributed by atoms with van der Waals surface area (Å²) in [7, 11) is 0. The molecule has 2 aliphatic heterocycles. The summed E-state index contributed by atoms with van der Waals surface area (Å²) >= 11 is 7.32. The normalized spacial score (nSPS) is 26.0. The first-order valence-corrected chi connectivity index (χ1v) is 12.6. The van der Waals surface area contributed by atoms with Gasteiger partial charge in [-0.25, -0.2) is 4.39 Å². The lowest BCUT2D eigenvalue weighted by Gasteiger charge is -2.34. The van der Waals surface area contributed by atoms with E-state index in [0.29, 0.717) is 10.6 Å². The average Bonchev–Trinajstić information content (AvgIpc) is 3.50. The summed E-state index contributed by atoms with van der Waals surface area (Å²) in [4.78, 5) is 40.3. The van der Waals surface area contributed by atoms with Crippen LogP contribution in [0.5, 0.6) is 0 Å². The molecule has 0 radical (unpaired) electrons. The average molecular weight is 507 g/mol. The molecule has 0 bridgehead atoms. The summed E-state index contributed by atoms with van der Waals surface area (Å²) in [6.07, 6.45) is 5.24. The molecule has 2 aromatic heterocycles. The highest BCUT2D eigenvalue weighted by Gasteiger charge is 2.54. The molecule has 2 amide bonds. The summed E-state index contributed by atoms with van der Waals surface area (Å²) < 4.78 is 21.4. The van der Waals surface area contributed by atoms with Crippen LogP contribution in [-0.2, 0) is 14.3 Å². The zero-order valence-electron chi connectivity index (χ0n) is 18.3. The van der Waals surface area contributed by atoms with Crippen LogP contribution in [0.25, 0.3) is 10.6 Å². The van der Waals surface area contributed by atoms with Gasteiger partial charge in [0.15, 0.2) is 11.6 Å². The lowest BCUT2D eigenvalue weighted by Crippen LogP contribution is -2.46. The quantitative estimate of drug-likeness (QED) is 0.623. The number of amides is 2. The van der Waals surface area contributed by atoms with Crippen LogP contribution in [0.1, 0.15) is 53.3 Å². The number of likely N-dealkylation sites (tertiary alicyclic amines) is 1. The lowest BCUT2D eigenvalue weighted by molar-refractivity contribution is -0.139. The minimum atomic E-state index is -0.907. The van der Waals surface area contributed by atoms with Gasteiger partial charge in [-0.15, -0.1) is 28.0 Å². The Morgan fingerprint density at radius 3 is 2.74 bits per heavy atom. The number of ether oxygens (including phenoxy) is 1. The van der Waals surface area contributed by atoms with Crippen molar-refractivity contribution in [2.75, 3.05) is 13.2 Å². The van der Waals surface area contributed by atoms with Crippen molar-refractivity contribution >= 4 is 40.5 Å². The van der Waals surface area contributed by atoms with Gasteiger partial charge >= 0.3 is 0 Å². The fourth-order valence-electron chi connectivity index (χ4n) is 5.50. The van der Waals surface area contributed by atoms with Gasteiger partial charge in [0, 0.05) is 18.3 Å². The summed E-state index contributed by atoms with van der Waals surface area (Å²) in [6.45, 7) is 0.0412. The predicted octanol–water partition coefficient (Wildman–Crippen LogP) is 2.89. The minimum absolute atomic E-state index is 0.0973. The van der Waals surface area contributed by atoms with Gasteiger partial charge in [0.05, 0.1) is 16.2 Å². The number of carbonyl (C=O) groups excluding carboxylic acids is 3. The molecule has 1 saturated carbocycles. The van der Waals surface area contributed by atoms with Crippen LogP contribution in [0.4, 0.5) is 4.39 Å². The van der Waals surface area contributed by atoms with Crippen molar-refractivity contribution < 1.29 is 23.5 Å². The molecule has 5 rings (SSSR count). The molecule has 4 heterocycles. The second-order valence-electron chi connectivity index (χ2n) is 9.03. The fraction of sp³-hybridized carbons (Fsp3) is 0.522. The molecule has 3 fully saturated rings. The second-order valence-corrected chi connectivity index (χ2v) is 10.6. The number of primary amides is 1. The van der Waals surface area contributed by atoms with E-state index in [-0.39, 0.29) is 41.2 Å². The Balaban J connectivity index is 1.64.